The zero-order valence-electron chi connectivity index (χ0n) is 19.5. The Morgan fingerprint density at radius 2 is 1.97 bits per heavy atom. The molecular formula is C26H27N7O. The fourth-order valence-electron chi connectivity index (χ4n) is 4.52. The molecule has 3 heterocycles. The molecule has 1 atom stereocenters. The maximum atomic E-state index is 12.1. The lowest BCUT2D eigenvalue weighted by Gasteiger charge is -2.12. The minimum atomic E-state index is -0.0148. The first-order valence-corrected chi connectivity index (χ1v) is 11.8. The Balaban J connectivity index is 1.27. The predicted octanol–water partition coefficient (Wildman–Crippen LogP) is 4.88. The van der Waals surface area contributed by atoms with Gasteiger partial charge < -0.3 is 15.2 Å². The smallest absolute Gasteiger partial charge is 0.252 e. The number of hydrogen-bond acceptors (Lipinski definition) is 5. The Labute approximate surface area is 198 Å². The number of aryl methyl sites for hydroxylation is 2. The number of carbonyl (C=O) groups is 1. The van der Waals surface area contributed by atoms with Crippen LogP contribution in [-0.4, -0.2) is 30.2 Å². The highest BCUT2D eigenvalue weighted by Crippen LogP contribution is 2.39. The molecule has 2 aromatic carbocycles. The van der Waals surface area contributed by atoms with Crippen LogP contribution < -0.4 is 10.6 Å². The quantitative estimate of drug-likeness (QED) is 0.434. The van der Waals surface area contributed by atoms with Crippen molar-refractivity contribution in [3.8, 4) is 17.1 Å². The van der Waals surface area contributed by atoms with Crippen LogP contribution in [-0.2, 0) is 6.54 Å². The van der Waals surface area contributed by atoms with Gasteiger partial charge in [0.2, 0.25) is 5.95 Å². The van der Waals surface area contributed by atoms with Gasteiger partial charge in [0, 0.05) is 41.2 Å². The van der Waals surface area contributed by atoms with Crippen LogP contribution in [0, 0.1) is 6.92 Å². The minimum absolute atomic E-state index is 0.00220. The van der Waals surface area contributed by atoms with Crippen LogP contribution in [0.15, 0.2) is 48.9 Å². The molecule has 2 aliphatic rings. The van der Waals surface area contributed by atoms with Gasteiger partial charge in [-0.3, -0.25) is 4.79 Å². The van der Waals surface area contributed by atoms with Crippen molar-refractivity contribution in [3.63, 3.8) is 0 Å². The summed E-state index contributed by atoms with van der Waals surface area (Å²) < 4.78 is 3.93. The lowest BCUT2D eigenvalue weighted by molar-refractivity contribution is 0.0958. The molecule has 0 bridgehead atoms. The highest BCUT2D eigenvalue weighted by molar-refractivity contribution is 6.00. The summed E-state index contributed by atoms with van der Waals surface area (Å²) in [4.78, 5) is 21.5. The Hall–Kier alpha value is -3.94. The van der Waals surface area contributed by atoms with Gasteiger partial charge >= 0.3 is 0 Å². The van der Waals surface area contributed by atoms with Gasteiger partial charge in [0.1, 0.15) is 0 Å². The number of nitrogens with one attached hydrogen (secondary N) is 2. The molecule has 2 aromatic heterocycles. The molecule has 172 valence electrons. The fraction of sp³-hybridized carbons (Fsp3) is 0.308. The van der Waals surface area contributed by atoms with E-state index in [0.717, 1.165) is 33.6 Å². The molecule has 6 rings (SSSR count). The van der Waals surface area contributed by atoms with Crippen LogP contribution in [0.3, 0.4) is 0 Å². The van der Waals surface area contributed by atoms with Gasteiger partial charge in [0.15, 0.2) is 5.82 Å². The van der Waals surface area contributed by atoms with Crippen LogP contribution in [0.25, 0.3) is 17.1 Å². The second-order valence-corrected chi connectivity index (χ2v) is 9.18. The molecule has 0 saturated heterocycles. The molecule has 34 heavy (non-hydrogen) atoms. The topological polar surface area (TPSA) is 89.7 Å². The third-order valence-electron chi connectivity index (χ3n) is 6.69. The maximum absolute atomic E-state index is 12.1. The number of hydrogen-bond donors (Lipinski definition) is 2. The number of imidazole rings is 1. The molecule has 8 nitrogen and oxygen atoms in total. The second kappa shape index (κ2) is 7.83. The van der Waals surface area contributed by atoms with Gasteiger partial charge in [-0.05, 0) is 81.1 Å². The summed E-state index contributed by atoms with van der Waals surface area (Å²) in [7, 11) is 0. The largest absolute Gasteiger partial charge is 0.345 e. The van der Waals surface area contributed by atoms with Crippen molar-refractivity contribution < 1.29 is 4.79 Å². The summed E-state index contributed by atoms with van der Waals surface area (Å²) in [6, 6.07) is 12.2. The molecule has 2 N–H and O–H groups in total. The highest BCUT2D eigenvalue weighted by Gasteiger charge is 2.27. The molecule has 4 aromatic rings. The molecule has 1 saturated carbocycles. The first-order chi connectivity index (χ1) is 16.5. The van der Waals surface area contributed by atoms with E-state index >= 15 is 0 Å². The van der Waals surface area contributed by atoms with Crippen molar-refractivity contribution in [3.05, 3.63) is 71.3 Å². The number of fused-ring (bicyclic) bond motifs is 1. The summed E-state index contributed by atoms with van der Waals surface area (Å²) in [5.74, 6) is 1.98. The third kappa shape index (κ3) is 3.55. The average molecular weight is 454 g/mol. The highest BCUT2D eigenvalue weighted by atomic mass is 16.2. The maximum Gasteiger partial charge on any atom is 0.252 e. The van der Waals surface area contributed by atoms with Crippen LogP contribution in [0.1, 0.15) is 65.8 Å². The monoisotopic (exact) mass is 453 g/mol. The number of carbonyl (C=O) groups excluding carboxylic acids is 1. The summed E-state index contributed by atoms with van der Waals surface area (Å²) in [6.45, 7) is 6.72. The lowest BCUT2D eigenvalue weighted by Crippen LogP contribution is -2.16. The number of benzene rings is 2. The minimum Gasteiger partial charge on any atom is -0.345 e. The van der Waals surface area contributed by atoms with Crippen LogP contribution in [0.4, 0.5) is 11.6 Å². The van der Waals surface area contributed by atoms with E-state index < -0.39 is 0 Å². The summed E-state index contributed by atoms with van der Waals surface area (Å²) in [5, 5.41) is 11.1. The first-order valence-electron chi connectivity index (χ1n) is 11.8. The Kier molecular flexibility index (Phi) is 4.76. The predicted molar refractivity (Wildman–Crippen MR) is 131 cm³/mol. The molecule has 1 fully saturated rings. The van der Waals surface area contributed by atoms with E-state index in [1.807, 2.05) is 56.0 Å². The molecular weight excluding hydrogens is 426 g/mol. The number of amides is 1. The van der Waals surface area contributed by atoms with Crippen molar-refractivity contribution in [1.29, 1.82) is 0 Å². The van der Waals surface area contributed by atoms with Gasteiger partial charge in [-0.15, -0.1) is 5.10 Å². The van der Waals surface area contributed by atoms with Crippen LogP contribution in [0.2, 0.25) is 0 Å². The average Bonchev–Trinajstić information content (AvgIpc) is 3.31. The zero-order valence-corrected chi connectivity index (χ0v) is 19.5. The van der Waals surface area contributed by atoms with Crippen molar-refractivity contribution in [2.45, 2.75) is 52.1 Å². The van der Waals surface area contributed by atoms with Gasteiger partial charge in [0.05, 0.1) is 18.1 Å². The van der Waals surface area contributed by atoms with Gasteiger partial charge in [-0.25, -0.2) is 9.67 Å². The van der Waals surface area contributed by atoms with E-state index in [2.05, 4.69) is 38.5 Å². The molecule has 1 aliphatic carbocycles. The van der Waals surface area contributed by atoms with Gasteiger partial charge in [0.25, 0.3) is 5.91 Å². The lowest BCUT2D eigenvalue weighted by atomic mass is 10.0. The molecule has 8 heteroatoms. The molecule has 0 spiro atoms. The number of aromatic nitrogens is 5. The van der Waals surface area contributed by atoms with Crippen molar-refractivity contribution >= 4 is 17.5 Å². The third-order valence-corrected chi connectivity index (χ3v) is 6.69. The Bertz CT molecular complexity index is 1400. The number of nitrogens with zero attached hydrogens (tertiary/aromatic N) is 5. The molecule has 0 unspecified atom stereocenters. The zero-order chi connectivity index (χ0) is 23.4. The van der Waals surface area contributed by atoms with E-state index in [1.165, 1.54) is 18.5 Å². The normalized spacial score (nSPS) is 17.0. The van der Waals surface area contributed by atoms with Crippen molar-refractivity contribution in [2.75, 3.05) is 5.32 Å². The van der Waals surface area contributed by atoms with Gasteiger partial charge in [-0.2, -0.15) is 4.98 Å². The van der Waals surface area contributed by atoms with E-state index in [9.17, 15) is 4.79 Å². The summed E-state index contributed by atoms with van der Waals surface area (Å²) >= 11 is 0. The standard InChI is InChI=1S/C26H27N7O/c1-4-33-26(29-22-12-20-16(3)28-25(34)21(20)11-15(22)2)30-24(31-33)18-7-9-19(10-8-18)32-13-23(27-14-32)17-5-6-17/h7-14,16-17H,4-6H2,1-3H3,(H,28,34)(H,29,30,31)/t16-/m0/s1. The molecule has 0 radical (unpaired) electrons. The van der Waals surface area contributed by atoms with E-state index in [0.29, 0.717) is 24.2 Å². The van der Waals surface area contributed by atoms with Crippen molar-refractivity contribution in [1.82, 2.24) is 29.6 Å². The van der Waals surface area contributed by atoms with Crippen LogP contribution >= 0.6 is 0 Å². The first kappa shape index (κ1) is 20.7. The number of rotatable bonds is 6. The van der Waals surface area contributed by atoms with E-state index in [1.54, 1.807) is 0 Å². The van der Waals surface area contributed by atoms with E-state index in [-0.39, 0.29) is 11.9 Å². The van der Waals surface area contributed by atoms with Crippen molar-refractivity contribution in [2.24, 2.45) is 0 Å². The molecule has 1 aliphatic heterocycles. The van der Waals surface area contributed by atoms with E-state index in [4.69, 9.17) is 10.1 Å². The Morgan fingerprint density at radius 3 is 2.71 bits per heavy atom. The Morgan fingerprint density at radius 1 is 1.18 bits per heavy atom. The fourth-order valence-corrected chi connectivity index (χ4v) is 4.52. The van der Waals surface area contributed by atoms with Gasteiger partial charge in [-0.1, -0.05) is 0 Å². The summed E-state index contributed by atoms with van der Waals surface area (Å²) in [5.41, 5.74) is 6.87. The SMILES string of the molecule is CCn1nc(-c2ccc(-n3cnc(C4CC4)c3)cc2)nc1Nc1cc2c(cc1C)C(=O)N[C@H]2C. The molecule has 1 amide bonds. The summed E-state index contributed by atoms with van der Waals surface area (Å²) in [6.07, 6.45) is 6.51. The second-order valence-electron chi connectivity index (χ2n) is 9.18. The number of anilines is 2. The van der Waals surface area contributed by atoms with Crippen LogP contribution in [0.5, 0.6) is 0 Å².